The van der Waals surface area contributed by atoms with E-state index >= 15 is 9.59 Å². The molecule has 536 valence electrons. The predicted octanol–water partition coefficient (Wildman–Crippen LogP) is 12.0. The molecule has 4 aromatic rings. The van der Waals surface area contributed by atoms with Crippen LogP contribution >= 0.6 is 0 Å². The van der Waals surface area contributed by atoms with E-state index in [1.54, 1.807) is 142 Å². The molecule has 0 saturated heterocycles. The SMILES string of the molecule is CC(=O)C[C@@H](C(=O)OC(C)(C)C)N(CCOCCN(C(=O)c1cccc2c1OCCCc1cc(N=C(C)NC(=O)OC(C)(C)C)ccc1C(=O)O2)[C@@H](CC(=O)OC(C)(C)C)C(=O)OC(C)(C)C)C(=O)c1cccc2c1OCCCc1cc(CC(C)=NC(=O)OC(C)(C)C)ccc1C(=O)O2. The maximum Gasteiger partial charge on any atom is 0.434 e. The first-order chi connectivity index (χ1) is 46.0. The summed E-state index contributed by atoms with van der Waals surface area (Å²) in [5.74, 6) is -6.84. The van der Waals surface area contributed by atoms with Gasteiger partial charge in [0, 0.05) is 31.6 Å². The van der Waals surface area contributed by atoms with E-state index in [1.807, 2.05) is 6.07 Å². The average Bonchev–Trinajstić information content (AvgIpc) is 0.799. The minimum absolute atomic E-state index is 0.0165. The second-order valence-electron chi connectivity index (χ2n) is 29.0. The monoisotopic (exact) mass is 1370 g/mol. The Balaban J connectivity index is 1.33. The van der Waals surface area contributed by atoms with Crippen LogP contribution in [0, 0.1) is 0 Å². The maximum atomic E-state index is 15.5. The minimum atomic E-state index is -1.68. The summed E-state index contributed by atoms with van der Waals surface area (Å²) in [7, 11) is 0. The van der Waals surface area contributed by atoms with Crippen LogP contribution in [0.1, 0.15) is 208 Å². The zero-order chi connectivity index (χ0) is 73.5. The average molecular weight is 1370 g/mol. The van der Waals surface area contributed by atoms with Crippen LogP contribution in [0.5, 0.6) is 23.0 Å². The molecule has 2 aliphatic rings. The first-order valence-corrected chi connectivity index (χ1v) is 32.9. The third-order valence-corrected chi connectivity index (χ3v) is 14.2. The first-order valence-electron chi connectivity index (χ1n) is 32.9. The molecule has 99 heavy (non-hydrogen) atoms. The Kier molecular flexibility index (Phi) is 26.4. The molecule has 25 nitrogen and oxygen atoms in total. The molecule has 0 spiro atoms. The maximum absolute atomic E-state index is 15.5. The van der Waals surface area contributed by atoms with Crippen molar-refractivity contribution < 1.29 is 95.3 Å². The van der Waals surface area contributed by atoms with Gasteiger partial charge in [-0.1, -0.05) is 24.3 Å². The van der Waals surface area contributed by atoms with E-state index in [2.05, 4.69) is 15.3 Å². The normalized spacial score (nSPS) is 14.6. The molecule has 2 aliphatic heterocycles. The van der Waals surface area contributed by atoms with Gasteiger partial charge in [0.1, 0.15) is 51.7 Å². The lowest BCUT2D eigenvalue weighted by atomic mass is 9.97. The lowest BCUT2D eigenvalue weighted by Gasteiger charge is -2.34. The zero-order valence-electron chi connectivity index (χ0n) is 60.2. The van der Waals surface area contributed by atoms with Gasteiger partial charge in [0.2, 0.25) is 0 Å². The van der Waals surface area contributed by atoms with Gasteiger partial charge in [-0.15, -0.1) is 0 Å². The Labute approximate surface area is 578 Å². The van der Waals surface area contributed by atoms with E-state index in [-0.39, 0.29) is 83.7 Å². The highest BCUT2D eigenvalue weighted by Gasteiger charge is 2.40. The molecule has 4 aromatic carbocycles. The Bertz CT molecular complexity index is 3740. The Hall–Kier alpha value is -9.52. The Morgan fingerprint density at radius 1 is 0.545 bits per heavy atom. The number of alkyl carbamates (subject to hydrolysis) is 1. The lowest BCUT2D eigenvalue weighted by molar-refractivity contribution is -0.167. The summed E-state index contributed by atoms with van der Waals surface area (Å²) in [4.78, 5) is 151. The third kappa shape index (κ3) is 24.8. The summed E-state index contributed by atoms with van der Waals surface area (Å²) >= 11 is 0. The van der Waals surface area contributed by atoms with E-state index in [4.69, 9.17) is 47.4 Å². The molecule has 0 saturated carbocycles. The van der Waals surface area contributed by atoms with Crippen molar-refractivity contribution in [3.63, 3.8) is 0 Å². The number of amides is 4. The number of ether oxygens (including phenoxy) is 10. The summed E-state index contributed by atoms with van der Waals surface area (Å²) in [6.07, 6.45) is -1.05. The first kappa shape index (κ1) is 78.5. The number of nitrogens with zero attached hydrogens (tertiary/aromatic N) is 4. The molecule has 4 amide bonds. The van der Waals surface area contributed by atoms with Crippen LogP contribution < -0.4 is 24.3 Å². The summed E-state index contributed by atoms with van der Waals surface area (Å²) in [6.45, 7) is 27.9. The summed E-state index contributed by atoms with van der Waals surface area (Å²) in [6, 6.07) is 15.3. The van der Waals surface area contributed by atoms with Crippen LogP contribution in [0.25, 0.3) is 0 Å². The van der Waals surface area contributed by atoms with Crippen molar-refractivity contribution in [1.82, 2.24) is 15.1 Å². The van der Waals surface area contributed by atoms with Crippen molar-refractivity contribution in [3.05, 3.63) is 112 Å². The standard InChI is InChI=1S/C74H95N5O20/c1-44(75-68(88)98-73(13,14)15)39-47-29-31-51-48(41-47)23-21-35-91-60-53(25-19-27-57(60)93-64(51)84)62(82)78(55(40-45(2)80)66(86)96-71(7,8)9)33-37-90-38-34-79(56(67(87)97-72(10,11)12)43-59(81)95-70(4,5)6)63(83)54-26-20-28-58-61(54)92-36-22-24-49-42-50(30-32-52(49)65(85)94-58)76-46(3)77-69(89)99-74(16,17)18/h19-20,25-32,41-42,55-56H,21-24,33-40,43H2,1-18H3,(H,76,77,89)/t55-,56-/m0/s1. The molecule has 0 aromatic heterocycles. The molecule has 0 aliphatic carbocycles. The number of carbonyl (C=O) groups is 10. The van der Waals surface area contributed by atoms with Crippen LogP contribution in [0.4, 0.5) is 15.3 Å². The second kappa shape index (κ2) is 33.4. The number of esters is 5. The summed E-state index contributed by atoms with van der Waals surface area (Å²) in [5.41, 5.74) is -1.72. The fourth-order valence-electron chi connectivity index (χ4n) is 10.4. The topological polar surface area (TPSA) is 306 Å². The van der Waals surface area contributed by atoms with Crippen LogP contribution in [-0.4, -0.2) is 161 Å². The van der Waals surface area contributed by atoms with E-state index in [0.717, 1.165) is 15.4 Å². The summed E-state index contributed by atoms with van der Waals surface area (Å²) in [5, 5.41) is 2.59. The number of para-hydroxylation sites is 2. The van der Waals surface area contributed by atoms with Crippen LogP contribution in [-0.2, 0) is 66.9 Å². The van der Waals surface area contributed by atoms with Crippen molar-refractivity contribution >= 4 is 76.9 Å². The fraction of sp³-hybridized carbons (Fsp3) is 0.514. The van der Waals surface area contributed by atoms with Crippen molar-refractivity contribution in [2.24, 2.45) is 9.98 Å². The lowest BCUT2D eigenvalue weighted by Crippen LogP contribution is -2.51. The molecule has 1 N–H and O–H groups in total. The van der Waals surface area contributed by atoms with Gasteiger partial charge in [0.25, 0.3) is 11.8 Å². The highest BCUT2D eigenvalue weighted by molar-refractivity contribution is 6.03. The number of nitrogens with one attached hydrogen (secondary N) is 1. The largest absolute Gasteiger partial charge is 0.489 e. The van der Waals surface area contributed by atoms with Crippen LogP contribution in [0.2, 0.25) is 0 Å². The number of Topliss-reactive ketones (excluding diaryl/α,β-unsaturated/α-hetero) is 1. The van der Waals surface area contributed by atoms with Gasteiger partial charge >= 0.3 is 42.0 Å². The highest BCUT2D eigenvalue weighted by atomic mass is 16.6. The highest BCUT2D eigenvalue weighted by Crippen LogP contribution is 2.38. The molecule has 6 rings (SSSR count). The minimum Gasteiger partial charge on any atom is -0.489 e. The molecule has 0 fully saturated rings. The smallest absolute Gasteiger partial charge is 0.434 e. The number of carbonyl (C=O) groups excluding carboxylic acids is 10. The Morgan fingerprint density at radius 3 is 1.46 bits per heavy atom. The van der Waals surface area contributed by atoms with Crippen molar-refractivity contribution in [1.29, 1.82) is 0 Å². The number of rotatable bonds is 19. The number of ketones is 1. The molecular formula is C74H95N5O20. The van der Waals surface area contributed by atoms with Crippen molar-refractivity contribution in [2.45, 2.75) is 210 Å². The number of fused-ring (bicyclic) bond motifs is 4. The number of amidine groups is 1. The van der Waals surface area contributed by atoms with E-state index in [1.165, 1.54) is 49.4 Å². The van der Waals surface area contributed by atoms with Gasteiger partial charge in [0.05, 0.1) is 60.8 Å². The molecule has 2 heterocycles. The number of aryl methyl sites for hydroxylation is 2. The quantitative estimate of drug-likeness (QED) is 0.0228. The van der Waals surface area contributed by atoms with Gasteiger partial charge in [-0.25, -0.2) is 33.8 Å². The molecule has 25 heteroatoms. The summed E-state index contributed by atoms with van der Waals surface area (Å²) < 4.78 is 58.9. The number of benzene rings is 4. The second-order valence-corrected chi connectivity index (χ2v) is 29.0. The third-order valence-electron chi connectivity index (χ3n) is 14.2. The van der Waals surface area contributed by atoms with Gasteiger partial charge in [-0.3, -0.25) is 24.5 Å². The van der Waals surface area contributed by atoms with Crippen molar-refractivity contribution in [2.75, 3.05) is 39.5 Å². The Morgan fingerprint density at radius 2 is 1.00 bits per heavy atom. The van der Waals surface area contributed by atoms with Gasteiger partial charge in [-0.2, -0.15) is 4.99 Å². The molecule has 0 unspecified atom stereocenters. The number of hydrogen-bond donors (Lipinski definition) is 1. The molecule has 0 bridgehead atoms. The molecular weight excluding hydrogens is 1280 g/mol. The van der Waals surface area contributed by atoms with E-state index < -0.39 is 132 Å². The zero-order valence-corrected chi connectivity index (χ0v) is 60.2. The van der Waals surface area contributed by atoms with Crippen molar-refractivity contribution in [3.8, 4) is 23.0 Å². The fourth-order valence-corrected chi connectivity index (χ4v) is 10.4. The molecule has 2 atom stereocenters. The van der Waals surface area contributed by atoms with E-state index in [0.29, 0.717) is 41.8 Å². The van der Waals surface area contributed by atoms with Gasteiger partial charge in [0.15, 0.2) is 23.0 Å². The molecule has 0 radical (unpaired) electrons. The van der Waals surface area contributed by atoms with E-state index in [9.17, 15) is 38.4 Å². The number of aliphatic imine (C=N–C) groups is 2. The predicted molar refractivity (Wildman–Crippen MR) is 366 cm³/mol. The van der Waals surface area contributed by atoms with Crippen LogP contribution in [0.3, 0.4) is 0 Å². The number of hydrogen-bond acceptors (Lipinski definition) is 21. The van der Waals surface area contributed by atoms with Gasteiger partial charge < -0.3 is 57.2 Å². The van der Waals surface area contributed by atoms with Crippen LogP contribution in [0.15, 0.2) is 82.8 Å². The van der Waals surface area contributed by atoms with Gasteiger partial charge in [-0.05, 0) is 216 Å².